The van der Waals surface area contributed by atoms with Gasteiger partial charge in [0.25, 0.3) is 0 Å². The molecule has 1 saturated heterocycles. The second kappa shape index (κ2) is 14.9. The van der Waals surface area contributed by atoms with Gasteiger partial charge in [-0.2, -0.15) is 13.2 Å². The van der Waals surface area contributed by atoms with Crippen molar-refractivity contribution in [2.75, 3.05) is 64.8 Å². The van der Waals surface area contributed by atoms with Gasteiger partial charge >= 0.3 is 12.1 Å². The Bertz CT molecular complexity index is 788. The normalized spacial score (nSPS) is 22.6. The number of nitrogens with zero attached hydrogens (tertiary/aromatic N) is 2. The van der Waals surface area contributed by atoms with Gasteiger partial charge in [0.2, 0.25) is 0 Å². The Balaban J connectivity index is 1.63. The maximum atomic E-state index is 12.8. The third kappa shape index (κ3) is 10.4. The first kappa shape index (κ1) is 28.8. The van der Waals surface area contributed by atoms with E-state index in [9.17, 15) is 27.9 Å². The number of hydrogen-bond acceptors (Lipinski definition) is 11. The first-order chi connectivity index (χ1) is 16.7. The molecule has 3 N–H and O–H groups in total. The smallest absolute Gasteiger partial charge is 0.434 e. The molecule has 0 unspecified atom stereocenters. The van der Waals surface area contributed by atoms with E-state index in [0.717, 1.165) is 6.20 Å². The highest BCUT2D eigenvalue weighted by atomic mass is 19.4. The summed E-state index contributed by atoms with van der Waals surface area (Å²) in [5.74, 6) is -2.22. The number of aliphatic carboxylic acids is 1. The van der Waals surface area contributed by atoms with Crippen molar-refractivity contribution in [3.63, 3.8) is 0 Å². The summed E-state index contributed by atoms with van der Waals surface area (Å²) in [4.78, 5) is 28.7. The van der Waals surface area contributed by atoms with Gasteiger partial charge in [-0.05, 0) is 0 Å². The second-order valence-corrected chi connectivity index (χ2v) is 7.36. The zero-order valence-electron chi connectivity index (χ0n) is 18.7. The molecule has 12 nitrogen and oxygen atoms in total. The molecule has 4 atom stereocenters. The van der Waals surface area contributed by atoms with Crippen LogP contribution in [-0.2, 0) is 39.4 Å². The number of ether oxygens (including phenoxy) is 5. The lowest BCUT2D eigenvalue weighted by atomic mass is 9.89. The van der Waals surface area contributed by atoms with E-state index in [2.05, 4.69) is 15.3 Å². The Hall–Kier alpha value is -2.43. The molecule has 35 heavy (non-hydrogen) atoms. The van der Waals surface area contributed by atoms with Crippen LogP contribution in [0.1, 0.15) is 5.69 Å². The van der Waals surface area contributed by atoms with Gasteiger partial charge in [-0.3, -0.25) is 4.98 Å². The van der Waals surface area contributed by atoms with Crippen molar-refractivity contribution in [1.29, 1.82) is 0 Å². The fourth-order valence-corrected chi connectivity index (χ4v) is 3.06. The van der Waals surface area contributed by atoms with Crippen LogP contribution in [0.15, 0.2) is 12.4 Å². The third-order valence-electron chi connectivity index (χ3n) is 4.77. The number of anilines is 1. The zero-order valence-corrected chi connectivity index (χ0v) is 18.7. The van der Waals surface area contributed by atoms with Crippen molar-refractivity contribution in [3.05, 3.63) is 18.1 Å². The highest BCUT2D eigenvalue weighted by molar-refractivity contribution is 5.67. The second-order valence-electron chi connectivity index (χ2n) is 7.36. The SMILES string of the molecule is O=C[C@H]1[C@@H](O)[C@@H](COCCOCCOCCOCC(=O)O)OC[C@@H]1Nc1cncc(C(F)(F)F)n1. The molecule has 0 saturated carbocycles. The van der Waals surface area contributed by atoms with Crippen molar-refractivity contribution in [2.45, 2.75) is 24.4 Å². The van der Waals surface area contributed by atoms with Crippen LogP contribution in [0.4, 0.5) is 19.0 Å². The highest BCUT2D eigenvalue weighted by Gasteiger charge is 2.40. The summed E-state index contributed by atoms with van der Waals surface area (Å²) in [7, 11) is 0. The minimum atomic E-state index is -4.67. The largest absolute Gasteiger partial charge is 0.480 e. The Morgan fingerprint density at radius 3 is 2.34 bits per heavy atom. The Kier molecular flexibility index (Phi) is 12.2. The number of nitrogens with one attached hydrogen (secondary N) is 1. The number of carboxylic acids is 1. The standard InChI is InChI=1S/C20H28F3N3O9/c21-20(22,23)16-7-24-8-17(26-16)25-14-10-35-15(19(30)13(14)9-27)11-33-5-3-31-1-2-32-4-6-34-12-18(28)29/h7-9,13-15,19,30H,1-6,10-12H2,(H,25,26)(H,28,29)/t13-,14+,15-,19-/m1/s1. The number of halogens is 3. The Morgan fingerprint density at radius 1 is 1.11 bits per heavy atom. The lowest BCUT2D eigenvalue weighted by molar-refractivity contribution is -0.148. The molecule has 198 valence electrons. The van der Waals surface area contributed by atoms with E-state index in [0.29, 0.717) is 12.5 Å². The van der Waals surface area contributed by atoms with Crippen LogP contribution in [0.2, 0.25) is 0 Å². The number of aldehydes is 1. The molecule has 0 aromatic carbocycles. The number of carboxylic acid groups (broad SMARTS) is 1. The zero-order chi connectivity index (χ0) is 25.7. The van der Waals surface area contributed by atoms with Crippen LogP contribution in [0.25, 0.3) is 0 Å². The molecular weight excluding hydrogens is 483 g/mol. The first-order valence-corrected chi connectivity index (χ1v) is 10.7. The van der Waals surface area contributed by atoms with E-state index in [1.165, 1.54) is 0 Å². The molecule has 2 heterocycles. The fourth-order valence-electron chi connectivity index (χ4n) is 3.06. The van der Waals surface area contributed by atoms with Crippen LogP contribution < -0.4 is 5.32 Å². The third-order valence-corrected chi connectivity index (χ3v) is 4.77. The van der Waals surface area contributed by atoms with Crippen molar-refractivity contribution in [3.8, 4) is 0 Å². The van der Waals surface area contributed by atoms with E-state index in [-0.39, 0.29) is 65.3 Å². The minimum Gasteiger partial charge on any atom is -0.480 e. The minimum absolute atomic E-state index is 0.0254. The van der Waals surface area contributed by atoms with Gasteiger partial charge in [0.05, 0.1) is 83.3 Å². The Labute approximate surface area is 198 Å². The van der Waals surface area contributed by atoms with Crippen LogP contribution in [-0.4, -0.2) is 110 Å². The molecule has 0 spiro atoms. The Morgan fingerprint density at radius 2 is 1.74 bits per heavy atom. The number of carbonyl (C=O) groups excluding carboxylic acids is 1. The molecule has 0 aliphatic carbocycles. The lowest BCUT2D eigenvalue weighted by Crippen LogP contribution is -2.54. The fraction of sp³-hybridized carbons (Fsp3) is 0.700. The molecule has 1 fully saturated rings. The molecule has 1 aliphatic heterocycles. The van der Waals surface area contributed by atoms with E-state index >= 15 is 0 Å². The number of alkyl halides is 3. The van der Waals surface area contributed by atoms with Gasteiger partial charge in [0, 0.05) is 0 Å². The van der Waals surface area contributed by atoms with E-state index in [4.69, 9.17) is 28.8 Å². The number of aliphatic hydroxyl groups excluding tert-OH is 1. The topological polar surface area (TPSA) is 159 Å². The first-order valence-electron chi connectivity index (χ1n) is 10.7. The maximum Gasteiger partial charge on any atom is 0.434 e. The molecule has 1 aromatic heterocycles. The van der Waals surface area contributed by atoms with Crippen molar-refractivity contribution in [2.24, 2.45) is 5.92 Å². The summed E-state index contributed by atoms with van der Waals surface area (Å²) in [6.45, 7) is 0.891. The molecule has 0 bridgehead atoms. The highest BCUT2D eigenvalue weighted by Crippen LogP contribution is 2.28. The van der Waals surface area contributed by atoms with Gasteiger partial charge in [-0.15, -0.1) is 0 Å². The number of aliphatic hydroxyl groups is 1. The average Bonchev–Trinajstić information content (AvgIpc) is 2.80. The molecule has 1 aliphatic rings. The molecule has 1 aromatic rings. The summed E-state index contributed by atoms with van der Waals surface area (Å²) in [6, 6.07) is -0.811. The quantitative estimate of drug-likeness (QED) is 0.202. The van der Waals surface area contributed by atoms with Gasteiger partial charge in [-0.25, -0.2) is 9.78 Å². The van der Waals surface area contributed by atoms with E-state index in [1.807, 2.05) is 0 Å². The summed E-state index contributed by atoms with van der Waals surface area (Å²) >= 11 is 0. The summed E-state index contributed by atoms with van der Waals surface area (Å²) in [5.41, 5.74) is -1.19. The van der Waals surface area contributed by atoms with Crippen LogP contribution in [0.5, 0.6) is 0 Å². The van der Waals surface area contributed by atoms with Gasteiger partial charge in [0.15, 0.2) is 5.69 Å². The van der Waals surface area contributed by atoms with E-state index < -0.39 is 42.0 Å². The summed E-state index contributed by atoms with van der Waals surface area (Å²) < 4.78 is 64.7. The number of carbonyl (C=O) groups is 2. The van der Waals surface area contributed by atoms with Gasteiger partial charge < -0.3 is 44.0 Å². The molecule has 2 rings (SSSR count). The molecule has 0 amide bonds. The predicted octanol–water partition coefficient (Wildman–Crippen LogP) is 0.00170. The van der Waals surface area contributed by atoms with Crippen LogP contribution in [0, 0.1) is 5.92 Å². The number of rotatable bonds is 16. The maximum absolute atomic E-state index is 12.8. The van der Waals surface area contributed by atoms with Crippen LogP contribution >= 0.6 is 0 Å². The van der Waals surface area contributed by atoms with Crippen molar-refractivity contribution in [1.82, 2.24) is 9.97 Å². The lowest BCUT2D eigenvalue weighted by Gasteiger charge is -2.38. The number of aromatic nitrogens is 2. The van der Waals surface area contributed by atoms with Crippen molar-refractivity contribution >= 4 is 18.1 Å². The van der Waals surface area contributed by atoms with E-state index in [1.54, 1.807) is 0 Å². The molecule has 15 heteroatoms. The monoisotopic (exact) mass is 511 g/mol. The molecular formula is C20H28F3N3O9. The average molecular weight is 511 g/mol. The number of hydrogen-bond donors (Lipinski definition) is 3. The predicted molar refractivity (Wildman–Crippen MR) is 111 cm³/mol. The van der Waals surface area contributed by atoms with Crippen LogP contribution in [0.3, 0.4) is 0 Å². The molecule has 0 radical (unpaired) electrons. The van der Waals surface area contributed by atoms with Gasteiger partial charge in [0.1, 0.15) is 24.8 Å². The van der Waals surface area contributed by atoms with Gasteiger partial charge in [-0.1, -0.05) is 0 Å². The summed E-state index contributed by atoms with van der Waals surface area (Å²) in [6.07, 6.45) is -4.57. The summed E-state index contributed by atoms with van der Waals surface area (Å²) in [5, 5.41) is 21.5. The van der Waals surface area contributed by atoms with Crippen molar-refractivity contribution < 1.29 is 56.7 Å².